The molecule has 1 heterocycles. The molecule has 0 bridgehead atoms. The fourth-order valence-electron chi connectivity index (χ4n) is 2.24. The lowest BCUT2D eigenvalue weighted by Gasteiger charge is -2.30. The van der Waals surface area contributed by atoms with E-state index >= 15 is 0 Å². The summed E-state index contributed by atoms with van der Waals surface area (Å²) in [5.74, 6) is 0.110. The number of hydrogen-bond donors (Lipinski definition) is 3. The zero-order valence-corrected chi connectivity index (χ0v) is 14.4. The highest BCUT2D eigenvalue weighted by atomic mass is 35.5. The van der Waals surface area contributed by atoms with Crippen LogP contribution in [0.3, 0.4) is 0 Å². The van der Waals surface area contributed by atoms with E-state index in [0.717, 1.165) is 19.4 Å². The molecule has 124 valence electrons. The van der Waals surface area contributed by atoms with Gasteiger partial charge in [-0.15, -0.1) is 12.4 Å². The Morgan fingerprint density at radius 2 is 1.95 bits per heavy atom. The van der Waals surface area contributed by atoms with E-state index in [9.17, 15) is 9.59 Å². The number of carbonyl (C=O) groups excluding carboxylic acids is 2. The van der Waals surface area contributed by atoms with E-state index in [2.05, 4.69) is 22.9 Å². The standard InChI is InChI=1S/C15H29N3O2.ClH/c1-11-12(7-5-9-16-11)18-13(19)8-6-10-17-14(20)15(2,3)4;/h11-12,16H,5-10H2,1-4H3,(H,17,20)(H,18,19);1H. The van der Waals surface area contributed by atoms with Crippen molar-refractivity contribution in [2.24, 2.45) is 5.41 Å². The zero-order valence-electron chi connectivity index (χ0n) is 13.6. The van der Waals surface area contributed by atoms with Crippen LogP contribution in [0.5, 0.6) is 0 Å². The van der Waals surface area contributed by atoms with Gasteiger partial charge >= 0.3 is 0 Å². The van der Waals surface area contributed by atoms with Crippen LogP contribution in [0.2, 0.25) is 0 Å². The van der Waals surface area contributed by atoms with Crippen molar-refractivity contribution in [3.05, 3.63) is 0 Å². The van der Waals surface area contributed by atoms with Gasteiger partial charge in [0, 0.05) is 30.5 Å². The summed E-state index contributed by atoms with van der Waals surface area (Å²) >= 11 is 0. The number of piperidine rings is 1. The van der Waals surface area contributed by atoms with Gasteiger partial charge in [-0.1, -0.05) is 20.8 Å². The number of rotatable bonds is 5. The van der Waals surface area contributed by atoms with Crippen LogP contribution < -0.4 is 16.0 Å². The summed E-state index contributed by atoms with van der Waals surface area (Å²) in [7, 11) is 0. The van der Waals surface area contributed by atoms with Crippen LogP contribution in [0.15, 0.2) is 0 Å². The second-order valence-corrected chi connectivity index (χ2v) is 6.67. The van der Waals surface area contributed by atoms with Gasteiger partial charge in [0.2, 0.25) is 11.8 Å². The fourth-order valence-corrected chi connectivity index (χ4v) is 2.24. The molecule has 6 heteroatoms. The molecule has 0 aromatic carbocycles. The van der Waals surface area contributed by atoms with Crippen molar-refractivity contribution in [1.29, 1.82) is 0 Å². The van der Waals surface area contributed by atoms with E-state index in [1.165, 1.54) is 0 Å². The Balaban J connectivity index is 0.00000400. The van der Waals surface area contributed by atoms with Crippen LogP contribution in [-0.4, -0.2) is 37.0 Å². The van der Waals surface area contributed by atoms with Gasteiger partial charge in [-0.05, 0) is 32.7 Å². The summed E-state index contributed by atoms with van der Waals surface area (Å²) in [4.78, 5) is 23.5. The highest BCUT2D eigenvalue weighted by molar-refractivity contribution is 5.85. The van der Waals surface area contributed by atoms with Crippen molar-refractivity contribution >= 4 is 24.2 Å². The minimum Gasteiger partial charge on any atom is -0.356 e. The molecule has 21 heavy (non-hydrogen) atoms. The third-order valence-corrected chi connectivity index (χ3v) is 3.66. The Bertz CT molecular complexity index is 342. The summed E-state index contributed by atoms with van der Waals surface area (Å²) in [6, 6.07) is 0.578. The van der Waals surface area contributed by atoms with Gasteiger partial charge in [-0.2, -0.15) is 0 Å². The molecule has 1 rings (SSSR count). The Morgan fingerprint density at radius 3 is 2.52 bits per heavy atom. The molecule has 2 amide bonds. The molecule has 0 aromatic heterocycles. The van der Waals surface area contributed by atoms with Crippen molar-refractivity contribution in [3.8, 4) is 0 Å². The van der Waals surface area contributed by atoms with Crippen molar-refractivity contribution < 1.29 is 9.59 Å². The van der Waals surface area contributed by atoms with Crippen LogP contribution >= 0.6 is 12.4 Å². The number of nitrogens with one attached hydrogen (secondary N) is 3. The van der Waals surface area contributed by atoms with E-state index in [-0.39, 0.29) is 35.7 Å². The Hall–Kier alpha value is -0.810. The highest BCUT2D eigenvalue weighted by Crippen LogP contribution is 2.12. The third kappa shape index (κ3) is 7.67. The van der Waals surface area contributed by atoms with Crippen LogP contribution in [0, 0.1) is 5.41 Å². The SMILES string of the molecule is CC1NCCCC1NC(=O)CCCNC(=O)C(C)(C)C.Cl. The maximum absolute atomic E-state index is 11.8. The Morgan fingerprint density at radius 1 is 1.29 bits per heavy atom. The Labute approximate surface area is 134 Å². The summed E-state index contributed by atoms with van der Waals surface area (Å²) in [6.45, 7) is 9.34. The molecule has 1 fully saturated rings. The van der Waals surface area contributed by atoms with E-state index in [1.54, 1.807) is 0 Å². The predicted octanol–water partition coefficient (Wildman–Crippen LogP) is 1.61. The monoisotopic (exact) mass is 319 g/mol. The third-order valence-electron chi connectivity index (χ3n) is 3.66. The second-order valence-electron chi connectivity index (χ2n) is 6.67. The minimum atomic E-state index is -0.370. The van der Waals surface area contributed by atoms with Gasteiger partial charge in [-0.25, -0.2) is 0 Å². The topological polar surface area (TPSA) is 70.2 Å². The smallest absolute Gasteiger partial charge is 0.225 e. The van der Waals surface area contributed by atoms with E-state index in [0.29, 0.717) is 25.4 Å². The molecule has 2 unspecified atom stereocenters. The maximum atomic E-state index is 11.8. The number of halogens is 1. The molecular weight excluding hydrogens is 290 g/mol. The van der Waals surface area contributed by atoms with Crippen LogP contribution in [0.4, 0.5) is 0 Å². The highest BCUT2D eigenvalue weighted by Gasteiger charge is 2.22. The molecule has 5 nitrogen and oxygen atoms in total. The first-order valence-corrected chi connectivity index (χ1v) is 7.62. The lowest BCUT2D eigenvalue weighted by atomic mass is 9.96. The first-order chi connectivity index (χ1) is 9.30. The van der Waals surface area contributed by atoms with Crippen LogP contribution in [0.1, 0.15) is 53.4 Å². The molecule has 0 saturated carbocycles. The molecule has 0 aromatic rings. The number of hydrogen-bond acceptors (Lipinski definition) is 3. The molecule has 2 atom stereocenters. The average Bonchev–Trinajstić information content (AvgIpc) is 2.36. The zero-order chi connectivity index (χ0) is 15.2. The fraction of sp³-hybridized carbons (Fsp3) is 0.867. The molecule has 1 aliphatic heterocycles. The molecule has 1 aliphatic rings. The minimum absolute atomic E-state index is 0. The lowest BCUT2D eigenvalue weighted by Crippen LogP contribution is -2.51. The van der Waals surface area contributed by atoms with E-state index in [4.69, 9.17) is 0 Å². The van der Waals surface area contributed by atoms with Crippen LogP contribution in [-0.2, 0) is 9.59 Å². The molecule has 0 radical (unpaired) electrons. The quantitative estimate of drug-likeness (QED) is 0.674. The predicted molar refractivity (Wildman–Crippen MR) is 87.6 cm³/mol. The number of carbonyl (C=O) groups is 2. The summed E-state index contributed by atoms with van der Waals surface area (Å²) in [5, 5.41) is 9.30. The van der Waals surface area contributed by atoms with Gasteiger partial charge in [0.05, 0.1) is 0 Å². The van der Waals surface area contributed by atoms with E-state index < -0.39 is 0 Å². The van der Waals surface area contributed by atoms with Gasteiger partial charge in [0.1, 0.15) is 0 Å². The van der Waals surface area contributed by atoms with Gasteiger partial charge in [0.15, 0.2) is 0 Å². The first kappa shape index (κ1) is 20.2. The molecular formula is C15H30ClN3O2. The van der Waals surface area contributed by atoms with Gasteiger partial charge in [0.25, 0.3) is 0 Å². The summed E-state index contributed by atoms with van der Waals surface area (Å²) in [5.41, 5.74) is -0.370. The number of amides is 2. The van der Waals surface area contributed by atoms with E-state index in [1.807, 2.05) is 20.8 Å². The average molecular weight is 320 g/mol. The normalized spacial score (nSPS) is 22.1. The van der Waals surface area contributed by atoms with Crippen LogP contribution in [0.25, 0.3) is 0 Å². The molecule has 0 spiro atoms. The maximum Gasteiger partial charge on any atom is 0.225 e. The first-order valence-electron chi connectivity index (χ1n) is 7.62. The van der Waals surface area contributed by atoms with Gasteiger partial charge < -0.3 is 16.0 Å². The molecule has 0 aliphatic carbocycles. The molecule has 1 saturated heterocycles. The summed E-state index contributed by atoms with van der Waals surface area (Å²) < 4.78 is 0. The Kier molecular flexibility index (Phi) is 8.90. The largest absolute Gasteiger partial charge is 0.356 e. The second kappa shape index (κ2) is 9.26. The van der Waals surface area contributed by atoms with Gasteiger partial charge in [-0.3, -0.25) is 9.59 Å². The van der Waals surface area contributed by atoms with Crippen molar-refractivity contribution in [2.75, 3.05) is 13.1 Å². The van der Waals surface area contributed by atoms with Crippen molar-refractivity contribution in [2.45, 2.75) is 65.5 Å². The lowest BCUT2D eigenvalue weighted by molar-refractivity contribution is -0.128. The van der Waals surface area contributed by atoms with Crippen molar-refractivity contribution in [3.63, 3.8) is 0 Å². The summed E-state index contributed by atoms with van der Waals surface area (Å²) in [6.07, 6.45) is 3.30. The molecule has 3 N–H and O–H groups in total. The van der Waals surface area contributed by atoms with Crippen molar-refractivity contribution in [1.82, 2.24) is 16.0 Å².